The summed E-state index contributed by atoms with van der Waals surface area (Å²) in [5, 5.41) is 8.56. The standard InChI is InChI=1S/C76H118F8N12O13/c1-11-46(4)63-71(106)89(6)44-61(99)90(7)55-22-15-18-32-96(70(55)105)58(41-47-24-27-50(28-25-47)75(79,80)81)68(103)88(5)43-59(97)85-53(29-26-48-39-51(77)62(52(78)40-48)76(82,83)84)67(102)95-33-19-23-54(95)66(101)87-74(30-16-12-17-31-74)73(108)93(10)64(49-20-13-14-21-49)72(107)92(9)57(69(104)94-34-36-109-37-35-94)42-60(98)91(8)56(38-45(2)3)65(100)86-63/h45-58,62-64H,11-44H2,1-10H3,(H,85,97)(H,86,100)(H,87,101)/t46-,47?,48?,50?,51?,52?,53-,54-,55-,56-,57-,58-,62?,63-,64-/m0/s1. The molecule has 2 bridgehead atoms. The molecule has 33 heteroatoms. The Labute approximate surface area is 635 Å². The van der Waals surface area contributed by atoms with Crippen LogP contribution in [-0.4, -0.2) is 288 Å². The van der Waals surface area contributed by atoms with Gasteiger partial charge in [-0.25, -0.2) is 8.78 Å². The molecule has 11 atom stereocenters. The molecule has 0 aromatic rings. The molecular weight excluding hydrogens is 1440 g/mol. The summed E-state index contributed by atoms with van der Waals surface area (Å²) in [5.41, 5.74) is -1.69. The fraction of sp³-hybridized carbons (Fsp3) is 0.842. The van der Waals surface area contributed by atoms with Crippen LogP contribution in [0.5, 0.6) is 0 Å². The van der Waals surface area contributed by atoms with E-state index in [0.717, 1.165) is 14.7 Å². The topological polar surface area (TPSA) is 279 Å². The minimum atomic E-state index is -5.20. The van der Waals surface area contributed by atoms with Crippen molar-refractivity contribution in [1.82, 2.24) is 60.0 Å². The van der Waals surface area contributed by atoms with Crippen LogP contribution in [0.25, 0.3) is 0 Å². The largest absolute Gasteiger partial charge is 0.397 e. The number of morpholine rings is 1. The zero-order chi connectivity index (χ0) is 80.3. The predicted octanol–water partition coefficient (Wildman–Crippen LogP) is 6.72. The van der Waals surface area contributed by atoms with Crippen molar-refractivity contribution in [3.8, 4) is 0 Å². The zero-order valence-electron chi connectivity index (χ0n) is 65.2. The van der Waals surface area contributed by atoms with Gasteiger partial charge in [0.05, 0.1) is 38.6 Å². The number of fused-ring (bicyclic) bond motifs is 3. The Morgan fingerprint density at radius 3 is 1.75 bits per heavy atom. The van der Waals surface area contributed by atoms with Crippen LogP contribution in [-0.2, 0) is 62.3 Å². The van der Waals surface area contributed by atoms with Crippen molar-refractivity contribution in [1.29, 1.82) is 0 Å². The van der Waals surface area contributed by atoms with Crippen LogP contribution in [0.3, 0.4) is 0 Å². The molecule has 8 aliphatic rings. The van der Waals surface area contributed by atoms with Crippen LogP contribution in [0, 0.1) is 41.4 Å². The van der Waals surface area contributed by atoms with E-state index >= 15 is 47.1 Å². The molecule has 8 rings (SSSR count). The van der Waals surface area contributed by atoms with Crippen LogP contribution in [0.15, 0.2) is 0 Å². The molecule has 4 saturated carbocycles. The van der Waals surface area contributed by atoms with Gasteiger partial charge in [0.15, 0.2) is 0 Å². The molecule has 1 spiro atoms. The summed E-state index contributed by atoms with van der Waals surface area (Å²) in [6.45, 7) is 6.08. The fourth-order valence-electron chi connectivity index (χ4n) is 18.1. The van der Waals surface area contributed by atoms with Gasteiger partial charge < -0.3 is 64.8 Å². The number of likely N-dealkylation sites (N-methyl/N-ethyl adjacent to an activating group) is 6. The molecule has 0 radical (unpaired) electrons. The highest BCUT2D eigenvalue weighted by Crippen LogP contribution is 2.46. The van der Waals surface area contributed by atoms with Crippen molar-refractivity contribution in [2.24, 2.45) is 41.4 Å². The van der Waals surface area contributed by atoms with Crippen LogP contribution in [0.1, 0.15) is 195 Å². The summed E-state index contributed by atoms with van der Waals surface area (Å²) in [7, 11) is 8.17. The summed E-state index contributed by atoms with van der Waals surface area (Å²) in [4.78, 5) is 193. The third-order valence-corrected chi connectivity index (χ3v) is 24.9. The minimum absolute atomic E-state index is 0.0174. The summed E-state index contributed by atoms with van der Waals surface area (Å²) in [6.07, 6.45) is -13.1. The van der Waals surface area contributed by atoms with E-state index in [2.05, 4.69) is 16.0 Å². The average Bonchev–Trinajstić information content (AvgIpc) is 1.69. The smallest absolute Gasteiger partial charge is 0.378 e. The van der Waals surface area contributed by atoms with Crippen LogP contribution >= 0.6 is 0 Å². The number of carbonyl (C=O) groups is 12. The van der Waals surface area contributed by atoms with E-state index < -0.39 is 224 Å². The quantitative estimate of drug-likeness (QED) is 0.181. The van der Waals surface area contributed by atoms with Crippen molar-refractivity contribution in [2.45, 2.75) is 273 Å². The van der Waals surface area contributed by atoms with E-state index in [1.54, 1.807) is 13.8 Å². The van der Waals surface area contributed by atoms with E-state index in [9.17, 15) is 45.5 Å². The van der Waals surface area contributed by atoms with Gasteiger partial charge >= 0.3 is 12.4 Å². The maximum atomic E-state index is 15.8. The Balaban J connectivity index is 1.20. The van der Waals surface area contributed by atoms with Gasteiger partial charge in [-0.15, -0.1) is 0 Å². The molecule has 0 aromatic heterocycles. The third kappa shape index (κ3) is 21.4. The number of amides is 12. The normalized spacial score (nSPS) is 32.0. The highest BCUT2D eigenvalue weighted by molar-refractivity contribution is 6.01. The first-order chi connectivity index (χ1) is 51.3. The number of hydrogen-bond acceptors (Lipinski definition) is 13. The minimum Gasteiger partial charge on any atom is -0.378 e. The summed E-state index contributed by atoms with van der Waals surface area (Å²) in [6, 6.07) is -11.0. The van der Waals surface area contributed by atoms with Gasteiger partial charge in [0.25, 0.3) is 0 Å². The van der Waals surface area contributed by atoms with Gasteiger partial charge in [-0.1, -0.05) is 66.2 Å². The summed E-state index contributed by atoms with van der Waals surface area (Å²) >= 11 is 0. The number of halogens is 8. The molecule has 109 heavy (non-hydrogen) atoms. The number of ether oxygens (including phenoxy) is 1. The molecule has 2 unspecified atom stereocenters. The van der Waals surface area contributed by atoms with Crippen molar-refractivity contribution < 1.29 is 97.4 Å². The van der Waals surface area contributed by atoms with Crippen molar-refractivity contribution in [2.75, 3.05) is 94.8 Å². The van der Waals surface area contributed by atoms with E-state index in [4.69, 9.17) is 4.74 Å². The summed E-state index contributed by atoms with van der Waals surface area (Å²) < 4.78 is 121. The van der Waals surface area contributed by atoms with E-state index in [1.165, 1.54) is 71.7 Å². The molecule has 4 aliphatic carbocycles. The van der Waals surface area contributed by atoms with Gasteiger partial charge in [-0.2, -0.15) is 26.3 Å². The van der Waals surface area contributed by atoms with Crippen molar-refractivity contribution >= 4 is 70.9 Å². The Morgan fingerprint density at radius 2 is 1.16 bits per heavy atom. The SMILES string of the molecule is CC[C@H](C)[C@@H]1NC(=O)[C@H](CC(C)C)N(C)C(=O)C[C@@H](C(=O)N2CCOCC2)N(C)C(=O)[C@H](C2CCCC2)N(C)C(=O)C2(CCCCC2)NC(=O)[C@@H]2CCCN2C(=O)[C@H](CCC2CC(F)C(C(F)(F)F)C(F)C2)NC(=O)CN(C)C(=O)[C@H](CC2CCC(C(F)(F)F)CC2)N2CCCC[C@@H](C2=O)N(C)C(=O)CN(C)C1=O. The zero-order valence-corrected chi connectivity index (χ0v) is 65.2. The molecule has 616 valence electrons. The van der Waals surface area contributed by atoms with Gasteiger partial charge in [0, 0.05) is 68.5 Å². The second-order valence-electron chi connectivity index (χ2n) is 32.9. The van der Waals surface area contributed by atoms with Crippen LogP contribution in [0.4, 0.5) is 35.1 Å². The van der Waals surface area contributed by atoms with Crippen molar-refractivity contribution in [3.05, 3.63) is 0 Å². The number of nitrogens with one attached hydrogen (secondary N) is 3. The molecule has 8 fully saturated rings. The van der Waals surface area contributed by atoms with E-state index in [0.29, 0.717) is 57.8 Å². The molecule has 4 aliphatic heterocycles. The molecular formula is C76H118F8N12O13. The Kier molecular flexibility index (Phi) is 30.6. The first kappa shape index (κ1) is 87.6. The average molecular weight is 1560 g/mol. The number of nitrogens with zero attached hydrogens (tertiary/aromatic N) is 9. The van der Waals surface area contributed by atoms with Crippen LogP contribution in [0.2, 0.25) is 0 Å². The van der Waals surface area contributed by atoms with Gasteiger partial charge in [-0.3, -0.25) is 57.5 Å². The maximum Gasteiger partial charge on any atom is 0.397 e. The third-order valence-electron chi connectivity index (χ3n) is 24.9. The molecule has 0 aromatic carbocycles. The van der Waals surface area contributed by atoms with Crippen LogP contribution < -0.4 is 16.0 Å². The van der Waals surface area contributed by atoms with E-state index in [1.807, 2.05) is 13.8 Å². The maximum absolute atomic E-state index is 15.8. The van der Waals surface area contributed by atoms with Crippen molar-refractivity contribution in [3.63, 3.8) is 0 Å². The monoisotopic (exact) mass is 1560 g/mol. The lowest BCUT2D eigenvalue weighted by atomic mass is 9.76. The first-order valence-electron chi connectivity index (χ1n) is 39.7. The number of alkyl halides is 8. The van der Waals surface area contributed by atoms with Gasteiger partial charge in [0.1, 0.15) is 72.1 Å². The first-order valence-corrected chi connectivity index (χ1v) is 39.7. The highest BCUT2D eigenvalue weighted by Gasteiger charge is 2.55. The second kappa shape index (κ2) is 38.0. The molecule has 4 saturated heterocycles. The lowest BCUT2D eigenvalue weighted by Crippen LogP contribution is -2.66. The predicted molar refractivity (Wildman–Crippen MR) is 384 cm³/mol. The Hall–Kier alpha value is -6.96. The lowest BCUT2D eigenvalue weighted by Gasteiger charge is -2.44. The van der Waals surface area contributed by atoms with Gasteiger partial charge in [0.2, 0.25) is 70.9 Å². The second-order valence-corrected chi connectivity index (χ2v) is 32.9. The Morgan fingerprint density at radius 1 is 0.560 bits per heavy atom. The molecule has 25 nitrogen and oxygen atoms in total. The van der Waals surface area contributed by atoms with E-state index in [-0.39, 0.29) is 129 Å². The lowest BCUT2D eigenvalue weighted by molar-refractivity contribution is -0.219. The number of rotatable bonds is 11. The number of hydrogen-bond donors (Lipinski definition) is 3. The molecule has 12 amide bonds. The molecule has 3 N–H and O–H groups in total. The van der Waals surface area contributed by atoms with Gasteiger partial charge in [-0.05, 0) is 152 Å². The fourth-order valence-corrected chi connectivity index (χ4v) is 18.1. The Bertz CT molecular complexity index is 3210. The number of carbonyl (C=O) groups excluding carboxylic acids is 12. The summed E-state index contributed by atoms with van der Waals surface area (Å²) in [5.74, 6) is -16.4. The molecule has 4 heterocycles. The highest BCUT2D eigenvalue weighted by atomic mass is 19.4.